The summed E-state index contributed by atoms with van der Waals surface area (Å²) in [5, 5.41) is 2.25. The maximum absolute atomic E-state index is 7.01. The van der Waals surface area contributed by atoms with E-state index in [-0.39, 0.29) is 17.9 Å². The van der Waals surface area contributed by atoms with E-state index in [4.69, 9.17) is 8.83 Å². The molecule has 4 unspecified atom stereocenters. The lowest BCUT2D eigenvalue weighted by Crippen LogP contribution is -2.35. The van der Waals surface area contributed by atoms with Crippen molar-refractivity contribution in [1.29, 1.82) is 0 Å². The molecule has 0 saturated heterocycles. The van der Waals surface area contributed by atoms with Crippen LogP contribution < -0.4 is 9.80 Å². The van der Waals surface area contributed by atoms with E-state index in [2.05, 4.69) is 208 Å². The van der Waals surface area contributed by atoms with Gasteiger partial charge in [-0.3, -0.25) is 0 Å². The van der Waals surface area contributed by atoms with Crippen LogP contribution in [0.2, 0.25) is 0 Å². The first-order valence-corrected chi connectivity index (χ1v) is 23.0. The quantitative estimate of drug-likeness (QED) is 0.153. The summed E-state index contributed by atoms with van der Waals surface area (Å²) in [6.45, 7) is 11.7. The highest BCUT2D eigenvalue weighted by Gasteiger charge is 2.44. The van der Waals surface area contributed by atoms with Crippen molar-refractivity contribution in [3.05, 3.63) is 201 Å². The fourth-order valence-corrected chi connectivity index (χ4v) is 11.4. The molecule has 2 heterocycles. The lowest BCUT2D eigenvalue weighted by molar-refractivity contribution is 0.412. The van der Waals surface area contributed by atoms with Crippen molar-refractivity contribution in [2.45, 2.75) is 65.3 Å². The van der Waals surface area contributed by atoms with Crippen LogP contribution in [0.1, 0.15) is 104 Å². The van der Waals surface area contributed by atoms with Gasteiger partial charge in [0.2, 0.25) is 0 Å². The van der Waals surface area contributed by atoms with Crippen molar-refractivity contribution in [1.82, 2.24) is 0 Å². The Balaban J connectivity index is 1.11. The minimum Gasteiger partial charge on any atom is -0.463 e. The molecule has 0 spiro atoms. The van der Waals surface area contributed by atoms with Gasteiger partial charge in [-0.15, -0.1) is 0 Å². The smallest absolute Gasteiger partial charge is 0.159 e. The third kappa shape index (κ3) is 5.87. The Morgan fingerprint density at radius 1 is 0.635 bits per heavy atom. The summed E-state index contributed by atoms with van der Waals surface area (Å²) >= 11 is 0. The van der Waals surface area contributed by atoms with Crippen molar-refractivity contribution in [2.75, 3.05) is 9.80 Å². The molecule has 7 aromatic rings. The maximum atomic E-state index is 7.01. The number of hydrogen-bond donors (Lipinski definition) is 0. The van der Waals surface area contributed by atoms with Gasteiger partial charge in [-0.25, -0.2) is 0 Å². The summed E-state index contributed by atoms with van der Waals surface area (Å²) in [5.41, 5.74) is 18.3. The zero-order chi connectivity index (χ0) is 42.5. The average molecular weight is 821 g/mol. The van der Waals surface area contributed by atoms with Crippen molar-refractivity contribution < 1.29 is 8.83 Å². The van der Waals surface area contributed by atoms with E-state index in [9.17, 15) is 0 Å². The minimum absolute atomic E-state index is 0.00533. The number of hydrogen-bond acceptors (Lipinski definition) is 4. The van der Waals surface area contributed by atoms with Crippen LogP contribution in [0.4, 0.5) is 22.7 Å². The van der Waals surface area contributed by atoms with Gasteiger partial charge in [0.05, 0.1) is 17.4 Å². The molecule has 5 aromatic carbocycles. The Morgan fingerprint density at radius 3 is 2.17 bits per heavy atom. The summed E-state index contributed by atoms with van der Waals surface area (Å²) in [6.07, 6.45) is 23.5. The third-order valence-corrected chi connectivity index (χ3v) is 14.3. The van der Waals surface area contributed by atoms with E-state index in [0.717, 1.165) is 57.7 Å². The van der Waals surface area contributed by atoms with Crippen molar-refractivity contribution in [3.63, 3.8) is 0 Å². The van der Waals surface area contributed by atoms with Gasteiger partial charge in [0, 0.05) is 62.8 Å². The maximum Gasteiger partial charge on any atom is 0.159 e. The average Bonchev–Trinajstić information content (AvgIpc) is 3.88. The largest absolute Gasteiger partial charge is 0.463 e. The Kier molecular flexibility index (Phi) is 8.83. The predicted molar refractivity (Wildman–Crippen MR) is 263 cm³/mol. The Labute approximate surface area is 370 Å². The first kappa shape index (κ1) is 37.9. The van der Waals surface area contributed by atoms with Gasteiger partial charge in [0.1, 0.15) is 17.1 Å². The standard InChI is InChI=1S/C59H52N2O2/c1-35(2)48-33-52(60(38-16-8-6-9-17-38)50-23-14-21-44-40-20-12-13-25-54(40)62-58(44)50)46-30-28-43-49(36(3)4)34-53(47-31-29-42(48)56(46)57(43)47)61(39-18-10-7-11-19-39)51-24-15-22-45-41-27-26-37(5)32-55(41)63-59(45)51/h6-23,25-31,33-37,43,51,57H,24,32H2,1-5H3. The molecule has 63 heavy (non-hydrogen) atoms. The number of para-hydroxylation sites is 4. The molecule has 4 nitrogen and oxygen atoms in total. The van der Waals surface area contributed by atoms with Crippen LogP contribution >= 0.6 is 0 Å². The second kappa shape index (κ2) is 14.7. The summed E-state index contributed by atoms with van der Waals surface area (Å²) < 4.78 is 13.8. The van der Waals surface area contributed by atoms with E-state index < -0.39 is 0 Å². The lowest BCUT2D eigenvalue weighted by atomic mass is 9.62. The molecule has 2 aromatic heterocycles. The molecule has 5 aliphatic carbocycles. The number of allylic oxidation sites excluding steroid dienone is 6. The molecule has 0 saturated carbocycles. The minimum atomic E-state index is -0.00533. The number of nitrogens with zero attached hydrogens (tertiary/aromatic N) is 2. The molecule has 4 atom stereocenters. The molecule has 0 N–H and O–H groups in total. The van der Waals surface area contributed by atoms with Crippen molar-refractivity contribution in [3.8, 4) is 0 Å². The van der Waals surface area contributed by atoms with Crippen molar-refractivity contribution in [2.24, 2.45) is 17.8 Å². The fourth-order valence-electron chi connectivity index (χ4n) is 11.4. The molecule has 5 aliphatic rings. The lowest BCUT2D eigenvalue weighted by Gasteiger charge is -2.46. The summed E-state index contributed by atoms with van der Waals surface area (Å²) in [4.78, 5) is 5.08. The first-order valence-electron chi connectivity index (χ1n) is 23.0. The normalized spacial score (nSPS) is 20.4. The number of benzene rings is 5. The fraction of sp³-hybridized carbons (Fsp3) is 0.220. The van der Waals surface area contributed by atoms with Crippen LogP contribution in [0.15, 0.2) is 165 Å². The van der Waals surface area contributed by atoms with Crippen LogP contribution in [0.3, 0.4) is 0 Å². The second-order valence-corrected chi connectivity index (χ2v) is 18.8. The molecule has 0 amide bonds. The van der Waals surface area contributed by atoms with Gasteiger partial charge in [-0.1, -0.05) is 156 Å². The zero-order valence-corrected chi connectivity index (χ0v) is 36.7. The van der Waals surface area contributed by atoms with Gasteiger partial charge < -0.3 is 18.6 Å². The molecule has 12 rings (SSSR count). The number of furan rings is 2. The molecular formula is C59H52N2O2. The van der Waals surface area contributed by atoms with E-state index in [0.29, 0.717) is 17.8 Å². The van der Waals surface area contributed by atoms with Gasteiger partial charge in [-0.05, 0) is 95.0 Å². The van der Waals surface area contributed by atoms with Gasteiger partial charge in [0.25, 0.3) is 0 Å². The molecule has 4 heteroatoms. The van der Waals surface area contributed by atoms with Crippen LogP contribution in [-0.2, 0) is 6.42 Å². The van der Waals surface area contributed by atoms with Gasteiger partial charge >= 0.3 is 0 Å². The number of fused-ring (bicyclic) bond motifs is 6. The highest BCUT2D eigenvalue weighted by atomic mass is 16.3. The van der Waals surface area contributed by atoms with Crippen LogP contribution in [-0.4, -0.2) is 0 Å². The third-order valence-electron chi connectivity index (χ3n) is 14.3. The SMILES string of the molecule is CC1C=Cc2c(oc3c2C=CCC3N(C2=C3C=Cc4c(C(C)C)cc(N(c5ccccc5)c5cccc6c5oc5ccccc56)c5c4C3C(C=C5)C(C(C)C)=C2)c2ccccc2)C1. The van der Waals surface area contributed by atoms with E-state index in [1.807, 2.05) is 0 Å². The predicted octanol–water partition coefficient (Wildman–Crippen LogP) is 16.2. The molecule has 0 radical (unpaired) electrons. The Hall–Kier alpha value is -6.78. The van der Waals surface area contributed by atoms with E-state index >= 15 is 0 Å². The van der Waals surface area contributed by atoms with Gasteiger partial charge in [-0.2, -0.15) is 0 Å². The molecule has 0 aliphatic heterocycles. The highest BCUT2D eigenvalue weighted by molar-refractivity contribution is 6.10. The summed E-state index contributed by atoms with van der Waals surface area (Å²) in [7, 11) is 0. The molecule has 0 bridgehead atoms. The van der Waals surface area contributed by atoms with Crippen LogP contribution in [0.5, 0.6) is 0 Å². The van der Waals surface area contributed by atoms with E-state index in [1.54, 1.807) is 0 Å². The van der Waals surface area contributed by atoms with Crippen LogP contribution in [0, 0.1) is 17.8 Å². The topological polar surface area (TPSA) is 32.8 Å². The first-order chi connectivity index (χ1) is 30.8. The second-order valence-electron chi connectivity index (χ2n) is 18.8. The monoisotopic (exact) mass is 820 g/mol. The van der Waals surface area contributed by atoms with E-state index in [1.165, 1.54) is 61.6 Å². The van der Waals surface area contributed by atoms with Gasteiger partial charge in [0.15, 0.2) is 5.58 Å². The summed E-state index contributed by atoms with van der Waals surface area (Å²) in [6, 6.07) is 39.4. The van der Waals surface area contributed by atoms with Crippen molar-refractivity contribution >= 4 is 69.0 Å². The molecular weight excluding hydrogens is 769 g/mol. The van der Waals surface area contributed by atoms with Crippen LogP contribution in [0.25, 0.3) is 46.2 Å². The molecule has 0 fully saturated rings. The number of anilines is 4. The number of rotatable bonds is 8. The summed E-state index contributed by atoms with van der Waals surface area (Å²) in [5.74, 6) is 3.63. The Morgan fingerprint density at radius 2 is 1.38 bits per heavy atom. The molecule has 310 valence electrons. The Bertz CT molecular complexity index is 3160. The zero-order valence-electron chi connectivity index (χ0n) is 36.7. The highest BCUT2D eigenvalue weighted by Crippen LogP contribution is 2.58.